The van der Waals surface area contributed by atoms with E-state index in [2.05, 4.69) is 31.9 Å². The second-order valence-electron chi connectivity index (χ2n) is 10.3. The van der Waals surface area contributed by atoms with E-state index >= 15 is 0 Å². The number of rotatable bonds is 8. The molecule has 4 aromatic rings. The largest absolute Gasteiger partial charge is 0.497 e. The molecule has 7 nitrogen and oxygen atoms in total. The fraction of sp³-hybridized carbons (Fsp3) is 0.400. The quantitative estimate of drug-likeness (QED) is 0.286. The second-order valence-corrected chi connectivity index (χ2v) is 10.7. The van der Waals surface area contributed by atoms with Crippen LogP contribution < -0.4 is 10.4 Å². The van der Waals surface area contributed by atoms with Gasteiger partial charge in [0.25, 0.3) is 0 Å². The summed E-state index contributed by atoms with van der Waals surface area (Å²) in [6.45, 7) is 8.08. The lowest BCUT2D eigenvalue weighted by Crippen LogP contribution is -2.42. The molecule has 0 bridgehead atoms. The van der Waals surface area contributed by atoms with E-state index in [9.17, 15) is 4.79 Å². The maximum atomic E-state index is 12.8. The van der Waals surface area contributed by atoms with Crippen LogP contribution in [0, 0.1) is 17.8 Å². The summed E-state index contributed by atoms with van der Waals surface area (Å²) in [5, 5.41) is 5.06. The molecule has 5 rings (SSSR count). The van der Waals surface area contributed by atoms with Crippen molar-refractivity contribution >= 4 is 17.2 Å². The van der Waals surface area contributed by atoms with E-state index in [1.165, 1.54) is 9.08 Å². The Morgan fingerprint density at radius 2 is 1.79 bits per heavy atom. The smallest absolute Gasteiger partial charge is 0.350 e. The summed E-state index contributed by atoms with van der Waals surface area (Å²) in [6, 6.07) is 19.4. The highest BCUT2D eigenvalue weighted by Crippen LogP contribution is 2.43. The molecule has 2 aromatic heterocycles. The van der Waals surface area contributed by atoms with Crippen LogP contribution in [0.15, 0.2) is 71.7 Å². The van der Waals surface area contributed by atoms with Crippen molar-refractivity contribution < 1.29 is 14.2 Å². The van der Waals surface area contributed by atoms with Gasteiger partial charge in [-0.25, -0.2) is 9.48 Å². The van der Waals surface area contributed by atoms with Gasteiger partial charge < -0.3 is 14.2 Å². The standard InChI is InChI=1S/C30H34ClN3O4/c1-19-20(2)27(18-37-17-22-8-11-25(36-4)12-9-22)38-29(21(19)3)23-10-13-26(31)24(15-23)16-34-30(35)33-14-6-5-7-28(33)32-34/h5-15,19-21,27,29H,16-18H2,1-4H3/t19-,20+,21?,27?,29+/m0/s1. The van der Waals surface area contributed by atoms with Crippen LogP contribution in [0.2, 0.25) is 5.02 Å². The van der Waals surface area contributed by atoms with E-state index in [4.69, 9.17) is 25.8 Å². The summed E-state index contributed by atoms with van der Waals surface area (Å²) >= 11 is 6.58. The molecule has 1 saturated heterocycles. The Labute approximate surface area is 227 Å². The van der Waals surface area contributed by atoms with Crippen molar-refractivity contribution in [1.82, 2.24) is 14.2 Å². The molecule has 0 spiro atoms. The number of hydrogen-bond donors (Lipinski definition) is 0. The van der Waals surface area contributed by atoms with Crippen LogP contribution in [0.3, 0.4) is 0 Å². The number of nitrogens with zero attached hydrogens (tertiary/aromatic N) is 3. The number of benzene rings is 2. The molecule has 0 aliphatic carbocycles. The summed E-state index contributed by atoms with van der Waals surface area (Å²) in [4.78, 5) is 12.8. The minimum absolute atomic E-state index is 0.0374. The maximum absolute atomic E-state index is 12.8. The van der Waals surface area contributed by atoms with E-state index in [1.807, 2.05) is 54.6 Å². The Kier molecular flexibility index (Phi) is 7.88. The summed E-state index contributed by atoms with van der Waals surface area (Å²) in [5.41, 5.74) is 3.39. The molecule has 0 radical (unpaired) electrons. The summed E-state index contributed by atoms with van der Waals surface area (Å²) in [6.07, 6.45) is 1.57. The van der Waals surface area contributed by atoms with Crippen LogP contribution in [-0.4, -0.2) is 34.0 Å². The maximum Gasteiger partial charge on any atom is 0.350 e. The number of methoxy groups -OCH3 is 1. The van der Waals surface area contributed by atoms with Crippen molar-refractivity contribution in [3.63, 3.8) is 0 Å². The zero-order chi connectivity index (χ0) is 26.8. The van der Waals surface area contributed by atoms with Gasteiger partial charge in [0.1, 0.15) is 5.75 Å². The molecule has 8 heteroatoms. The third kappa shape index (κ3) is 5.37. The molecule has 1 fully saturated rings. The second kappa shape index (κ2) is 11.3. The highest BCUT2D eigenvalue weighted by Gasteiger charge is 2.39. The van der Waals surface area contributed by atoms with Gasteiger partial charge in [-0.2, -0.15) is 0 Å². The van der Waals surface area contributed by atoms with Crippen LogP contribution >= 0.6 is 11.6 Å². The first-order valence-electron chi connectivity index (χ1n) is 13.0. The minimum atomic E-state index is -0.194. The van der Waals surface area contributed by atoms with Gasteiger partial charge in [-0.1, -0.05) is 56.6 Å². The molecular formula is C30H34ClN3O4. The fourth-order valence-corrected chi connectivity index (χ4v) is 5.42. The molecule has 2 aromatic carbocycles. The lowest BCUT2D eigenvalue weighted by molar-refractivity contribution is -0.159. The molecule has 3 heterocycles. The third-order valence-electron chi connectivity index (χ3n) is 7.96. The van der Waals surface area contributed by atoms with Crippen molar-refractivity contribution in [2.75, 3.05) is 13.7 Å². The van der Waals surface area contributed by atoms with Gasteiger partial charge in [0.15, 0.2) is 5.65 Å². The van der Waals surface area contributed by atoms with E-state index in [0.717, 1.165) is 22.4 Å². The first-order chi connectivity index (χ1) is 18.4. The number of hydrogen-bond acceptors (Lipinski definition) is 5. The Morgan fingerprint density at radius 3 is 2.53 bits per heavy atom. The molecular weight excluding hydrogens is 502 g/mol. The fourth-order valence-electron chi connectivity index (χ4n) is 5.24. The molecule has 38 heavy (non-hydrogen) atoms. The van der Waals surface area contributed by atoms with Crippen molar-refractivity contribution in [2.45, 2.75) is 46.1 Å². The molecule has 1 aliphatic heterocycles. The van der Waals surface area contributed by atoms with E-state index < -0.39 is 0 Å². The predicted molar refractivity (Wildman–Crippen MR) is 148 cm³/mol. The van der Waals surface area contributed by atoms with Crippen LogP contribution in [0.5, 0.6) is 5.75 Å². The lowest BCUT2D eigenvalue weighted by atomic mass is 9.75. The van der Waals surface area contributed by atoms with Gasteiger partial charge in [-0.3, -0.25) is 4.40 Å². The molecule has 0 saturated carbocycles. The predicted octanol–water partition coefficient (Wildman–Crippen LogP) is 5.77. The van der Waals surface area contributed by atoms with Gasteiger partial charge in [-0.15, -0.1) is 5.10 Å². The molecule has 5 atom stereocenters. The van der Waals surface area contributed by atoms with Crippen LogP contribution in [0.1, 0.15) is 43.6 Å². The van der Waals surface area contributed by atoms with Crippen molar-refractivity contribution in [3.05, 3.63) is 99.1 Å². The SMILES string of the molecule is COc1ccc(COCC2O[C@@H](c3ccc(Cl)c(Cn4nc5ccccn5c4=O)c3)C(C)[C@@H](C)[C@H]2C)cc1. The summed E-state index contributed by atoms with van der Waals surface area (Å²) in [5.74, 6) is 1.91. The average molecular weight is 536 g/mol. The Hall–Kier alpha value is -3.13. The van der Waals surface area contributed by atoms with E-state index in [-0.39, 0.29) is 24.4 Å². The molecule has 2 unspecified atom stereocenters. The van der Waals surface area contributed by atoms with Crippen molar-refractivity contribution in [1.29, 1.82) is 0 Å². The zero-order valence-corrected chi connectivity index (χ0v) is 23.0. The molecule has 0 N–H and O–H groups in total. The highest BCUT2D eigenvalue weighted by molar-refractivity contribution is 6.31. The first-order valence-corrected chi connectivity index (χ1v) is 13.4. The number of aromatic nitrogens is 3. The third-order valence-corrected chi connectivity index (χ3v) is 8.33. The number of ether oxygens (including phenoxy) is 3. The average Bonchev–Trinajstić information content (AvgIpc) is 3.25. The monoisotopic (exact) mass is 535 g/mol. The highest BCUT2D eigenvalue weighted by atomic mass is 35.5. The summed E-state index contributed by atoms with van der Waals surface area (Å²) < 4.78 is 21.0. The van der Waals surface area contributed by atoms with E-state index in [0.29, 0.717) is 41.6 Å². The van der Waals surface area contributed by atoms with Gasteiger partial charge >= 0.3 is 5.69 Å². The van der Waals surface area contributed by atoms with Gasteiger partial charge in [-0.05, 0) is 70.8 Å². The number of pyridine rings is 1. The normalized spacial score (nSPS) is 23.6. The number of halogens is 1. The van der Waals surface area contributed by atoms with Crippen molar-refractivity contribution in [3.8, 4) is 5.75 Å². The molecule has 200 valence electrons. The Morgan fingerprint density at radius 1 is 1.00 bits per heavy atom. The van der Waals surface area contributed by atoms with Crippen LogP contribution in [0.4, 0.5) is 0 Å². The van der Waals surface area contributed by atoms with Gasteiger partial charge in [0.05, 0.1) is 39.1 Å². The van der Waals surface area contributed by atoms with Crippen LogP contribution in [0.25, 0.3) is 5.65 Å². The van der Waals surface area contributed by atoms with E-state index in [1.54, 1.807) is 13.3 Å². The zero-order valence-electron chi connectivity index (χ0n) is 22.2. The summed E-state index contributed by atoms with van der Waals surface area (Å²) in [7, 11) is 1.66. The topological polar surface area (TPSA) is 67.0 Å². The minimum Gasteiger partial charge on any atom is -0.497 e. The molecule has 1 aliphatic rings. The Balaban J connectivity index is 1.32. The lowest BCUT2D eigenvalue weighted by Gasteiger charge is -2.44. The number of fused-ring (bicyclic) bond motifs is 1. The van der Waals surface area contributed by atoms with Crippen molar-refractivity contribution in [2.24, 2.45) is 17.8 Å². The molecule has 0 amide bonds. The Bertz CT molecular complexity index is 1450. The first kappa shape index (κ1) is 26.5. The van der Waals surface area contributed by atoms with Crippen LogP contribution in [-0.2, 0) is 22.6 Å². The van der Waals surface area contributed by atoms with Gasteiger partial charge in [0, 0.05) is 11.2 Å². The van der Waals surface area contributed by atoms with Gasteiger partial charge in [0.2, 0.25) is 0 Å².